The first-order chi connectivity index (χ1) is 65.2. The zero-order chi connectivity index (χ0) is 102. The van der Waals surface area contributed by atoms with Crippen molar-refractivity contribution >= 4 is 151 Å². The lowest BCUT2D eigenvalue weighted by molar-refractivity contribution is -0.438. The number of carbonyl (C=O) groups is 12. The summed E-state index contributed by atoms with van der Waals surface area (Å²) in [5.74, 6) is -11.8. The molecule has 752 valence electrons. The number of rotatable bonds is 45. The van der Waals surface area contributed by atoms with Crippen molar-refractivity contribution in [1.29, 1.82) is 0 Å². The van der Waals surface area contributed by atoms with Gasteiger partial charge in [-0.2, -0.15) is 38.2 Å². The van der Waals surface area contributed by atoms with Gasteiger partial charge in [-0.3, -0.25) is 61.4 Å². The monoisotopic (exact) mass is 2000 g/mol. The number of amides is 10. The molecule has 0 unspecified atom stereocenters. The zero-order valence-electron chi connectivity index (χ0n) is 78.3. The lowest BCUT2D eigenvalue weighted by Crippen LogP contribution is -2.58. The van der Waals surface area contributed by atoms with Gasteiger partial charge < -0.3 is 78.3 Å². The maximum absolute atomic E-state index is 14.7. The Kier molecular flexibility index (Phi) is 36.2. The van der Waals surface area contributed by atoms with Crippen molar-refractivity contribution in [3.63, 3.8) is 0 Å². The van der Waals surface area contributed by atoms with E-state index < -0.39 is 190 Å². The van der Waals surface area contributed by atoms with Crippen LogP contribution in [-0.4, -0.2) is 236 Å². The molecule has 17 N–H and O–H groups in total. The molecule has 3 aliphatic heterocycles. The number of hydrogen-bond acceptors (Lipinski definition) is 22. The first-order valence-corrected chi connectivity index (χ1v) is 51.9. The van der Waals surface area contributed by atoms with Crippen molar-refractivity contribution in [1.82, 2.24) is 37.2 Å². The third-order valence-electron chi connectivity index (χ3n) is 25.2. The highest BCUT2D eigenvalue weighted by Gasteiger charge is 2.47. The molecule has 139 heavy (non-hydrogen) atoms. The highest BCUT2D eigenvalue weighted by atomic mass is 32.2. The molecule has 0 aromatic heterocycles. The van der Waals surface area contributed by atoms with Crippen molar-refractivity contribution in [2.75, 3.05) is 70.8 Å². The fourth-order valence-corrected chi connectivity index (χ4v) is 20.0. The number of nitrogens with one attached hydrogen (secondary N) is 8. The summed E-state index contributed by atoms with van der Waals surface area (Å²) in [7, 11) is -18.1. The molecule has 1 fully saturated rings. The molecule has 3 heterocycles. The number of carbonyl (C=O) groups excluding carboxylic acids is 9. The van der Waals surface area contributed by atoms with Crippen LogP contribution in [0.3, 0.4) is 0 Å². The molecule has 5 aromatic rings. The van der Waals surface area contributed by atoms with Crippen molar-refractivity contribution in [2.45, 2.75) is 234 Å². The van der Waals surface area contributed by atoms with Crippen LogP contribution in [0.25, 0.3) is 5.57 Å². The number of aliphatic carboxylic acids is 3. The van der Waals surface area contributed by atoms with E-state index in [1.165, 1.54) is 65.6 Å². The molecule has 5 aliphatic rings. The van der Waals surface area contributed by atoms with Crippen LogP contribution in [0.5, 0.6) is 0 Å². The Morgan fingerprint density at radius 3 is 1.79 bits per heavy atom. The molecule has 0 radical (unpaired) electrons. The van der Waals surface area contributed by atoms with E-state index in [4.69, 9.17) is 5.73 Å². The van der Waals surface area contributed by atoms with E-state index in [1.807, 2.05) is 73.6 Å². The quantitative estimate of drug-likeness (QED) is 0.00981. The molecule has 5 atom stereocenters. The normalized spacial score (nSPS) is 17.6. The number of anilines is 4. The average Bonchev–Trinajstić information content (AvgIpc) is 1.59. The predicted octanol–water partition coefficient (Wildman–Crippen LogP) is 9.01. The molecule has 2 aliphatic carbocycles. The molecule has 1 saturated carbocycles. The molecule has 5 aromatic carbocycles. The van der Waals surface area contributed by atoms with E-state index in [0.29, 0.717) is 70.0 Å². The van der Waals surface area contributed by atoms with Gasteiger partial charge in [-0.15, -0.1) is 0 Å². The van der Waals surface area contributed by atoms with Gasteiger partial charge in [0.1, 0.15) is 36.8 Å². The summed E-state index contributed by atoms with van der Waals surface area (Å²) in [6.45, 7) is 12.5. The molecule has 0 spiro atoms. The molecular formula is C95H122N13O27S4+. The van der Waals surface area contributed by atoms with Crippen LogP contribution in [0.2, 0.25) is 0 Å². The van der Waals surface area contributed by atoms with Gasteiger partial charge >= 0.3 is 30.0 Å². The van der Waals surface area contributed by atoms with Crippen molar-refractivity contribution in [2.24, 2.45) is 11.1 Å². The van der Waals surface area contributed by atoms with E-state index in [9.17, 15) is 125 Å². The smallest absolute Gasteiger partial charge is 0.326 e. The Morgan fingerprint density at radius 2 is 1.16 bits per heavy atom. The van der Waals surface area contributed by atoms with Gasteiger partial charge in [-0.05, 0) is 210 Å². The van der Waals surface area contributed by atoms with Crippen LogP contribution in [0.4, 0.5) is 38.0 Å². The summed E-state index contributed by atoms with van der Waals surface area (Å²) in [6, 6.07) is 17.1. The average molecular weight is 2010 g/mol. The van der Waals surface area contributed by atoms with Gasteiger partial charge in [0.2, 0.25) is 23.4 Å². The summed E-state index contributed by atoms with van der Waals surface area (Å²) in [4.78, 5) is 168. The number of nitrogens with two attached hydrogens (primary N) is 1. The minimum Gasteiger partial charge on any atom is -0.481 e. The van der Waals surface area contributed by atoms with E-state index in [2.05, 4.69) is 47.4 Å². The number of primary amides is 1. The van der Waals surface area contributed by atoms with E-state index in [0.717, 1.165) is 48.9 Å². The van der Waals surface area contributed by atoms with Crippen molar-refractivity contribution in [3.8, 4) is 0 Å². The SMILES string of the molecule is CC(C)(C)C(=O)CN1C(=O)[C@H](NC(=O)Nc2cccc(C(=O)N[C@H](CCC(=O)O)C(=O)N[C@@H](CCCNC(N)=O)C(=O)N[C@H](CC(=O)O)C(=O)N[C@@H](CCCCNC(=O)c3cccc(C4=C(/C=C/C5=[N+](CCCCS(=O)(=O)O)c6ccc(S(=O)(=O)O)cc6C5(C)C)CCC/C4=C\C=C4\N(CCCCS(=O)(=O)O)c5ccc(S(=O)(=O)O)cc5C4(C)C)c3)C(=O)O)c2)CN(C2CCCCC2)c2ccccc21. The second-order valence-corrected chi connectivity index (χ2v) is 43.2. The Bertz CT molecular complexity index is 6220. The Balaban J connectivity index is 0.843. The summed E-state index contributed by atoms with van der Waals surface area (Å²) in [5.41, 5.74) is 9.75. The molecule has 10 rings (SSSR count). The van der Waals surface area contributed by atoms with Gasteiger partial charge in [0.25, 0.3) is 58.2 Å². The van der Waals surface area contributed by atoms with Crippen LogP contribution in [0.1, 0.15) is 214 Å². The highest BCUT2D eigenvalue weighted by Crippen LogP contribution is 2.50. The summed E-state index contributed by atoms with van der Waals surface area (Å²) >= 11 is 0. The van der Waals surface area contributed by atoms with Gasteiger partial charge in [0, 0.05) is 102 Å². The Labute approximate surface area is 807 Å². The minimum atomic E-state index is -4.70. The molecule has 0 saturated heterocycles. The number of allylic oxidation sites excluding steroid dienone is 8. The minimum absolute atomic E-state index is 0.00940. The Morgan fingerprint density at radius 1 is 0.561 bits per heavy atom. The lowest BCUT2D eigenvalue weighted by Gasteiger charge is -2.37. The van der Waals surface area contributed by atoms with Crippen LogP contribution in [-0.2, 0) is 89.7 Å². The number of fused-ring (bicyclic) bond motifs is 3. The van der Waals surface area contributed by atoms with Crippen molar-refractivity contribution < 1.29 is 129 Å². The molecule has 0 bridgehead atoms. The van der Waals surface area contributed by atoms with Crippen LogP contribution < -0.4 is 63.0 Å². The third-order valence-corrected chi connectivity index (χ3v) is 28.5. The zero-order valence-corrected chi connectivity index (χ0v) is 81.5. The van der Waals surface area contributed by atoms with Crippen LogP contribution >= 0.6 is 0 Å². The van der Waals surface area contributed by atoms with E-state index >= 15 is 0 Å². The summed E-state index contributed by atoms with van der Waals surface area (Å²) in [6.07, 6.45) is 10.7. The fraction of sp³-hybridized carbons (Fsp3) is 0.463. The number of Topliss-reactive ketones (excluding diaryl/α,β-unsaturated/α-hetero) is 1. The maximum Gasteiger partial charge on any atom is 0.326 e. The van der Waals surface area contributed by atoms with E-state index in [-0.39, 0.29) is 129 Å². The number of carboxylic acid groups (broad SMARTS) is 3. The summed E-state index contributed by atoms with van der Waals surface area (Å²) < 4.78 is 139. The number of ketones is 1. The lowest BCUT2D eigenvalue weighted by atomic mass is 9.79. The van der Waals surface area contributed by atoms with Gasteiger partial charge in [-0.1, -0.05) is 96.4 Å². The largest absolute Gasteiger partial charge is 0.481 e. The first kappa shape index (κ1) is 108. The second-order valence-electron chi connectivity index (χ2n) is 37.2. The van der Waals surface area contributed by atoms with Gasteiger partial charge in [0.15, 0.2) is 11.5 Å². The van der Waals surface area contributed by atoms with Crippen LogP contribution in [0.15, 0.2) is 160 Å². The molecule has 10 amide bonds. The standard InChI is InChI=1S/C95H121N13O27S4/c1-93(2,3)80(109)57-108-77-34-12-11-33-76(77)107(64-29-9-8-10-30-64)56-73(89(108)119)104-92(123)99-63-28-21-27-62(52-63)85(115)100-70(39-44-81(110)111)87(117)101-69(32-22-46-98-91(96)122)86(116)103-72(55-82(112)113)88(118)102-71(90(120)121)31-13-14-45-97-84(114)61-26-20-25-60(51-61)83-58(35-42-78-94(4,5)67-53-65(138(130,131)132)37-40-74(67)105(78)47-15-17-49-136(124,125)126)23-19-24-59(83)36-43-79-95(6,7)68-54-66(139(133,134)135)38-41-75(68)106(79)48-16-18-50-137(127,128)129/h11-12,20-21,25-28,33-38,40-43,51-54,64,69-73H,8-10,13-19,22-24,29-32,39,44-50,55-57H2,1-7H3,(H16-,96,97,98,99,100,101,102,103,104,110,111,112,113,114,115,116,117,118,120,121,122,123,124,125,126,127,128,129,130,131,132,133,134,135)/p+1/t69-,70+,71-,72+,73+/m0/s1. The number of benzene rings is 5. The number of urea groups is 2. The fourth-order valence-electron chi connectivity index (χ4n) is 17.9. The van der Waals surface area contributed by atoms with Gasteiger partial charge in [-0.25, -0.2) is 14.4 Å². The number of hydrogen-bond donors (Lipinski definition) is 16. The van der Waals surface area contributed by atoms with Crippen LogP contribution in [0, 0.1) is 5.41 Å². The first-order valence-electron chi connectivity index (χ1n) is 45.8. The number of unbranched alkanes of at least 4 members (excludes halogenated alkanes) is 3. The molecule has 44 heteroatoms. The molecular weight excluding hydrogens is 1880 g/mol. The van der Waals surface area contributed by atoms with E-state index in [1.54, 1.807) is 57.2 Å². The third kappa shape index (κ3) is 29.5. The number of para-hydroxylation sites is 2. The van der Waals surface area contributed by atoms with Crippen molar-refractivity contribution in [3.05, 3.63) is 178 Å². The highest BCUT2D eigenvalue weighted by molar-refractivity contribution is 7.86. The topological polar surface area (TPSA) is 618 Å². The number of nitrogens with zero attached hydrogens (tertiary/aromatic N) is 4. The second kappa shape index (κ2) is 46.5. The maximum atomic E-state index is 14.7. The van der Waals surface area contributed by atoms with Gasteiger partial charge in [0.05, 0.1) is 51.1 Å². The number of carboxylic acids is 3. The molecule has 40 nitrogen and oxygen atoms in total. The summed E-state index contributed by atoms with van der Waals surface area (Å²) in [5, 5.41) is 50.4. The predicted molar refractivity (Wildman–Crippen MR) is 516 cm³/mol. The Hall–Kier alpha value is -12.6.